The highest BCUT2D eigenvalue weighted by molar-refractivity contribution is 5.60. The molecule has 0 fully saturated rings. The molecule has 0 spiro atoms. The summed E-state index contributed by atoms with van der Waals surface area (Å²) in [5, 5.41) is 14.2. The molecule has 1 rings (SSSR count). The maximum Gasteiger partial charge on any atom is 0.314 e. The van der Waals surface area contributed by atoms with E-state index in [0.29, 0.717) is 17.3 Å². The Morgan fingerprint density at radius 1 is 1.37 bits per heavy atom. The van der Waals surface area contributed by atoms with Crippen molar-refractivity contribution in [2.75, 3.05) is 5.32 Å². The van der Waals surface area contributed by atoms with Crippen LogP contribution in [0.4, 0.5) is 11.5 Å². The number of aromatic nitrogens is 1. The average Bonchev–Trinajstić information content (AvgIpc) is 2.27. The molecule has 19 heavy (non-hydrogen) atoms. The Kier molecular flexibility index (Phi) is 5.73. The highest BCUT2D eigenvalue weighted by Crippen LogP contribution is 2.26. The van der Waals surface area contributed by atoms with Gasteiger partial charge in [-0.15, -0.1) is 0 Å². The average molecular weight is 265 g/mol. The molecule has 1 atom stereocenters. The number of nitrogens with zero attached hydrogens (tertiary/aromatic N) is 2. The summed E-state index contributed by atoms with van der Waals surface area (Å²) in [7, 11) is 0. The van der Waals surface area contributed by atoms with Crippen LogP contribution in [0.2, 0.25) is 0 Å². The van der Waals surface area contributed by atoms with Gasteiger partial charge in [-0.05, 0) is 32.3 Å². The fourth-order valence-corrected chi connectivity index (χ4v) is 2.02. The van der Waals surface area contributed by atoms with Crippen molar-refractivity contribution in [3.8, 4) is 0 Å². The van der Waals surface area contributed by atoms with Crippen LogP contribution in [0.5, 0.6) is 0 Å². The van der Waals surface area contributed by atoms with Crippen molar-refractivity contribution >= 4 is 11.5 Å². The lowest BCUT2D eigenvalue weighted by molar-refractivity contribution is -0.384. The molecule has 1 aromatic heterocycles. The van der Waals surface area contributed by atoms with Crippen molar-refractivity contribution in [3.63, 3.8) is 0 Å². The molecule has 1 aromatic rings. The van der Waals surface area contributed by atoms with E-state index in [9.17, 15) is 10.1 Å². The summed E-state index contributed by atoms with van der Waals surface area (Å²) < 4.78 is 0. The summed E-state index contributed by atoms with van der Waals surface area (Å²) in [6.07, 6.45) is 4.89. The van der Waals surface area contributed by atoms with Crippen molar-refractivity contribution in [2.24, 2.45) is 5.92 Å². The third-order valence-corrected chi connectivity index (χ3v) is 3.11. The van der Waals surface area contributed by atoms with E-state index in [4.69, 9.17) is 0 Å². The van der Waals surface area contributed by atoms with E-state index in [1.165, 1.54) is 6.42 Å². The number of aryl methyl sites for hydroxylation is 1. The molecular formula is C14H23N3O2. The molecule has 1 unspecified atom stereocenters. The monoisotopic (exact) mass is 265 g/mol. The summed E-state index contributed by atoms with van der Waals surface area (Å²) in [5.41, 5.74) is 0.718. The number of hydrogen-bond donors (Lipinski definition) is 1. The molecule has 0 aliphatic carbocycles. The van der Waals surface area contributed by atoms with Crippen LogP contribution in [0.1, 0.15) is 45.6 Å². The van der Waals surface area contributed by atoms with Gasteiger partial charge in [-0.3, -0.25) is 10.1 Å². The molecule has 1 heterocycles. The molecule has 5 nitrogen and oxygen atoms in total. The molecule has 0 bridgehead atoms. The Morgan fingerprint density at radius 3 is 2.63 bits per heavy atom. The van der Waals surface area contributed by atoms with Gasteiger partial charge in [-0.2, -0.15) is 0 Å². The summed E-state index contributed by atoms with van der Waals surface area (Å²) in [4.78, 5) is 14.8. The second-order valence-electron chi connectivity index (χ2n) is 5.45. The van der Waals surface area contributed by atoms with Crippen molar-refractivity contribution in [3.05, 3.63) is 27.9 Å². The summed E-state index contributed by atoms with van der Waals surface area (Å²) in [6, 6.07) is 1.85. The zero-order chi connectivity index (χ0) is 14.4. The van der Waals surface area contributed by atoms with Crippen LogP contribution >= 0.6 is 0 Å². The zero-order valence-electron chi connectivity index (χ0n) is 12.1. The van der Waals surface area contributed by atoms with Crippen LogP contribution in [0.25, 0.3) is 0 Å². The Hall–Kier alpha value is -1.65. The number of nitrogens with one attached hydrogen (secondary N) is 1. The first kappa shape index (κ1) is 15.4. The smallest absolute Gasteiger partial charge is 0.314 e. The normalized spacial score (nSPS) is 12.5. The molecule has 5 heteroatoms. The van der Waals surface area contributed by atoms with E-state index >= 15 is 0 Å². The molecule has 0 radical (unpaired) electrons. The predicted octanol–water partition coefficient (Wildman–Crippen LogP) is 3.92. The maximum atomic E-state index is 11.1. The van der Waals surface area contributed by atoms with E-state index in [-0.39, 0.29) is 16.7 Å². The van der Waals surface area contributed by atoms with Gasteiger partial charge >= 0.3 is 5.69 Å². The van der Waals surface area contributed by atoms with Crippen LogP contribution in [-0.2, 0) is 0 Å². The van der Waals surface area contributed by atoms with Crippen molar-refractivity contribution in [1.82, 2.24) is 4.98 Å². The Morgan fingerprint density at radius 2 is 2.05 bits per heavy atom. The van der Waals surface area contributed by atoms with Gasteiger partial charge in [0, 0.05) is 17.8 Å². The highest BCUT2D eigenvalue weighted by atomic mass is 16.6. The van der Waals surface area contributed by atoms with Gasteiger partial charge in [-0.1, -0.05) is 26.7 Å². The molecule has 0 aliphatic heterocycles. The molecular weight excluding hydrogens is 242 g/mol. The van der Waals surface area contributed by atoms with Gasteiger partial charge in [0.25, 0.3) is 0 Å². The molecule has 0 saturated carbocycles. The van der Waals surface area contributed by atoms with Gasteiger partial charge in [-0.25, -0.2) is 4.98 Å². The quantitative estimate of drug-likeness (QED) is 0.599. The fourth-order valence-electron chi connectivity index (χ4n) is 2.02. The second kappa shape index (κ2) is 7.07. The number of nitro groups is 1. The summed E-state index contributed by atoms with van der Waals surface area (Å²) in [6.45, 7) is 8.17. The minimum Gasteiger partial charge on any atom is -0.362 e. The van der Waals surface area contributed by atoms with E-state index in [0.717, 1.165) is 12.8 Å². The van der Waals surface area contributed by atoms with Crippen LogP contribution in [-0.4, -0.2) is 15.9 Å². The topological polar surface area (TPSA) is 68.1 Å². The van der Waals surface area contributed by atoms with Gasteiger partial charge in [0.2, 0.25) is 5.82 Å². The Balaban J connectivity index is 2.66. The SMILES string of the molecule is Cc1ccnc(NC(C)CCCC(C)C)c1[N+](=O)[O-]. The van der Waals surface area contributed by atoms with Crippen LogP contribution in [0.15, 0.2) is 12.3 Å². The first-order chi connectivity index (χ1) is 8.91. The van der Waals surface area contributed by atoms with E-state index in [1.54, 1.807) is 19.2 Å². The van der Waals surface area contributed by atoms with Crippen LogP contribution < -0.4 is 5.32 Å². The lowest BCUT2D eigenvalue weighted by atomic mass is 10.0. The molecule has 0 aliphatic rings. The number of pyridine rings is 1. The lowest BCUT2D eigenvalue weighted by Gasteiger charge is -2.15. The third kappa shape index (κ3) is 4.85. The van der Waals surface area contributed by atoms with Gasteiger partial charge in [0.1, 0.15) is 0 Å². The van der Waals surface area contributed by atoms with Crippen molar-refractivity contribution < 1.29 is 4.92 Å². The Bertz CT molecular complexity index is 433. The van der Waals surface area contributed by atoms with Crippen LogP contribution in [0, 0.1) is 23.0 Å². The predicted molar refractivity (Wildman–Crippen MR) is 77.4 cm³/mol. The zero-order valence-corrected chi connectivity index (χ0v) is 12.1. The number of rotatable bonds is 7. The molecule has 0 aromatic carbocycles. The molecule has 0 amide bonds. The van der Waals surface area contributed by atoms with Gasteiger partial charge in [0.05, 0.1) is 4.92 Å². The van der Waals surface area contributed by atoms with E-state index in [1.807, 2.05) is 6.92 Å². The minimum atomic E-state index is -0.370. The number of hydrogen-bond acceptors (Lipinski definition) is 4. The standard InChI is InChI=1S/C14H23N3O2/c1-10(2)6-5-7-12(4)16-14-13(17(18)19)11(3)8-9-15-14/h8-10,12H,5-7H2,1-4H3,(H,15,16). The summed E-state index contributed by atoms with van der Waals surface area (Å²) >= 11 is 0. The fraction of sp³-hybridized carbons (Fsp3) is 0.643. The van der Waals surface area contributed by atoms with Gasteiger partial charge in [0.15, 0.2) is 0 Å². The van der Waals surface area contributed by atoms with Gasteiger partial charge < -0.3 is 5.32 Å². The maximum absolute atomic E-state index is 11.1. The minimum absolute atomic E-state index is 0.0817. The summed E-state index contributed by atoms with van der Waals surface area (Å²) in [5.74, 6) is 1.07. The van der Waals surface area contributed by atoms with Crippen molar-refractivity contribution in [1.29, 1.82) is 0 Å². The first-order valence-electron chi connectivity index (χ1n) is 6.78. The largest absolute Gasteiger partial charge is 0.362 e. The second-order valence-corrected chi connectivity index (χ2v) is 5.45. The highest BCUT2D eigenvalue weighted by Gasteiger charge is 2.19. The third-order valence-electron chi connectivity index (χ3n) is 3.11. The number of anilines is 1. The van der Waals surface area contributed by atoms with E-state index in [2.05, 4.69) is 24.1 Å². The molecule has 106 valence electrons. The first-order valence-corrected chi connectivity index (χ1v) is 6.78. The van der Waals surface area contributed by atoms with Crippen molar-refractivity contribution in [2.45, 2.75) is 53.0 Å². The van der Waals surface area contributed by atoms with E-state index < -0.39 is 0 Å². The lowest BCUT2D eigenvalue weighted by Crippen LogP contribution is -2.17. The Labute approximate surface area is 114 Å². The molecule has 0 saturated heterocycles. The molecule has 1 N–H and O–H groups in total. The van der Waals surface area contributed by atoms with Crippen LogP contribution in [0.3, 0.4) is 0 Å².